The van der Waals surface area contributed by atoms with Crippen molar-refractivity contribution in [1.82, 2.24) is 5.32 Å². The number of thiophene rings is 1. The van der Waals surface area contributed by atoms with Gasteiger partial charge in [0, 0.05) is 18.0 Å². The molecule has 5 heteroatoms. The first-order valence-electron chi connectivity index (χ1n) is 5.97. The third-order valence-corrected chi connectivity index (χ3v) is 3.42. The van der Waals surface area contributed by atoms with Gasteiger partial charge in [-0.2, -0.15) is 0 Å². The number of aliphatic hydroxyl groups is 1. The molecule has 0 fully saturated rings. The van der Waals surface area contributed by atoms with Crippen molar-refractivity contribution in [1.29, 1.82) is 0 Å². The van der Waals surface area contributed by atoms with Gasteiger partial charge in [0.25, 0.3) is 5.91 Å². The average molecular weight is 271 g/mol. The molecule has 0 saturated carbocycles. The Morgan fingerprint density at radius 2 is 2.28 bits per heavy atom. The van der Waals surface area contributed by atoms with Crippen LogP contribution in [0.1, 0.15) is 36.9 Å². The molecule has 0 aliphatic heterocycles. The summed E-state index contributed by atoms with van der Waals surface area (Å²) in [6.07, 6.45) is 0.654. The van der Waals surface area contributed by atoms with Crippen LogP contribution < -0.4 is 10.1 Å². The van der Waals surface area contributed by atoms with Crippen LogP contribution in [-0.2, 0) is 0 Å². The smallest absolute Gasteiger partial charge is 0.261 e. The normalized spacial score (nSPS) is 14.3. The molecule has 4 nitrogen and oxygen atoms in total. The molecule has 1 aromatic heterocycles. The van der Waals surface area contributed by atoms with E-state index in [0.29, 0.717) is 23.0 Å². The number of hydrogen-bond acceptors (Lipinski definition) is 4. The maximum atomic E-state index is 11.8. The van der Waals surface area contributed by atoms with Crippen LogP contribution in [0, 0.1) is 5.92 Å². The molecular weight excluding hydrogens is 250 g/mol. The molecule has 1 aromatic rings. The maximum absolute atomic E-state index is 11.8. The Morgan fingerprint density at radius 3 is 2.78 bits per heavy atom. The zero-order valence-corrected chi connectivity index (χ0v) is 12.1. The second-order valence-corrected chi connectivity index (χ2v) is 6.04. The molecular formula is C13H21NO3S. The highest BCUT2D eigenvalue weighted by Gasteiger charge is 2.23. The van der Waals surface area contributed by atoms with E-state index in [-0.39, 0.29) is 12.5 Å². The first-order chi connectivity index (χ1) is 8.34. The molecule has 0 aromatic carbocycles. The Morgan fingerprint density at radius 1 is 1.61 bits per heavy atom. The zero-order valence-electron chi connectivity index (χ0n) is 11.3. The fourth-order valence-electron chi connectivity index (χ4n) is 1.85. The standard InChI is InChI=1S/C13H21NO3S/c1-9(2)6-13(3,16)8-14-12(15)11-5-10(17-4)7-18-11/h5,7,9,16H,6,8H2,1-4H3,(H,14,15). The van der Waals surface area contributed by atoms with E-state index in [1.54, 1.807) is 25.5 Å². The molecule has 0 spiro atoms. The number of hydrogen-bond donors (Lipinski definition) is 2. The minimum atomic E-state index is -0.870. The van der Waals surface area contributed by atoms with Gasteiger partial charge in [0.15, 0.2) is 0 Å². The topological polar surface area (TPSA) is 58.6 Å². The summed E-state index contributed by atoms with van der Waals surface area (Å²) in [6.45, 7) is 6.08. The van der Waals surface area contributed by atoms with Crippen molar-refractivity contribution in [2.75, 3.05) is 13.7 Å². The molecule has 102 valence electrons. The van der Waals surface area contributed by atoms with Crippen molar-refractivity contribution in [3.63, 3.8) is 0 Å². The molecule has 0 saturated heterocycles. The van der Waals surface area contributed by atoms with E-state index in [1.807, 2.05) is 13.8 Å². The summed E-state index contributed by atoms with van der Waals surface area (Å²) in [6, 6.07) is 1.69. The summed E-state index contributed by atoms with van der Waals surface area (Å²) < 4.78 is 5.02. The highest BCUT2D eigenvalue weighted by Crippen LogP contribution is 2.21. The summed E-state index contributed by atoms with van der Waals surface area (Å²) in [7, 11) is 1.57. The zero-order chi connectivity index (χ0) is 13.8. The summed E-state index contributed by atoms with van der Waals surface area (Å²) in [5.74, 6) is 0.894. The number of methoxy groups -OCH3 is 1. The number of carbonyl (C=O) groups excluding carboxylic acids is 1. The second-order valence-electron chi connectivity index (χ2n) is 5.13. The van der Waals surface area contributed by atoms with Crippen LogP contribution in [-0.4, -0.2) is 30.3 Å². The van der Waals surface area contributed by atoms with Crippen molar-refractivity contribution < 1.29 is 14.6 Å². The molecule has 1 heterocycles. The molecule has 2 N–H and O–H groups in total. The van der Waals surface area contributed by atoms with Gasteiger partial charge in [-0.05, 0) is 19.3 Å². The van der Waals surface area contributed by atoms with Gasteiger partial charge < -0.3 is 15.2 Å². The lowest BCUT2D eigenvalue weighted by Crippen LogP contribution is -2.41. The van der Waals surface area contributed by atoms with Crippen molar-refractivity contribution >= 4 is 17.2 Å². The highest BCUT2D eigenvalue weighted by atomic mass is 32.1. The van der Waals surface area contributed by atoms with E-state index in [0.717, 1.165) is 0 Å². The van der Waals surface area contributed by atoms with Crippen molar-refractivity contribution in [2.24, 2.45) is 5.92 Å². The lowest BCUT2D eigenvalue weighted by Gasteiger charge is -2.25. The van der Waals surface area contributed by atoms with Crippen LogP contribution in [0.15, 0.2) is 11.4 Å². The Bertz CT molecular complexity index is 399. The van der Waals surface area contributed by atoms with Crippen LogP contribution in [0.3, 0.4) is 0 Å². The molecule has 0 aliphatic carbocycles. The minimum Gasteiger partial charge on any atom is -0.496 e. The quantitative estimate of drug-likeness (QED) is 0.834. The number of amides is 1. The Balaban J connectivity index is 2.50. The van der Waals surface area contributed by atoms with Crippen LogP contribution in [0.5, 0.6) is 5.75 Å². The van der Waals surface area contributed by atoms with Crippen LogP contribution in [0.25, 0.3) is 0 Å². The summed E-state index contributed by atoms with van der Waals surface area (Å²) in [5.41, 5.74) is -0.870. The van der Waals surface area contributed by atoms with E-state index < -0.39 is 5.60 Å². The summed E-state index contributed by atoms with van der Waals surface area (Å²) in [4.78, 5) is 12.4. The van der Waals surface area contributed by atoms with E-state index in [9.17, 15) is 9.90 Å². The number of rotatable bonds is 6. The fourth-order valence-corrected chi connectivity index (χ4v) is 2.63. The van der Waals surface area contributed by atoms with Gasteiger partial charge in [0.1, 0.15) is 5.75 Å². The summed E-state index contributed by atoms with van der Waals surface area (Å²) >= 11 is 1.33. The van der Waals surface area contributed by atoms with E-state index in [1.165, 1.54) is 11.3 Å². The Hall–Kier alpha value is -1.07. The van der Waals surface area contributed by atoms with Gasteiger partial charge in [0.05, 0.1) is 17.6 Å². The number of nitrogens with one attached hydrogen (secondary N) is 1. The lowest BCUT2D eigenvalue weighted by atomic mass is 9.94. The van der Waals surface area contributed by atoms with Gasteiger partial charge in [-0.25, -0.2) is 0 Å². The molecule has 0 radical (unpaired) electrons. The predicted octanol–water partition coefficient (Wildman–Crippen LogP) is 2.28. The largest absolute Gasteiger partial charge is 0.496 e. The molecule has 18 heavy (non-hydrogen) atoms. The Labute approximate surface area is 112 Å². The predicted molar refractivity (Wildman–Crippen MR) is 73.3 cm³/mol. The maximum Gasteiger partial charge on any atom is 0.261 e. The van der Waals surface area contributed by atoms with Gasteiger partial charge in [-0.1, -0.05) is 13.8 Å². The van der Waals surface area contributed by atoms with Crippen molar-refractivity contribution in [2.45, 2.75) is 32.8 Å². The van der Waals surface area contributed by atoms with E-state index in [4.69, 9.17) is 4.74 Å². The SMILES string of the molecule is COc1csc(C(=O)NCC(C)(O)CC(C)C)c1. The summed E-state index contributed by atoms with van der Waals surface area (Å²) in [5, 5.41) is 14.6. The monoisotopic (exact) mass is 271 g/mol. The number of ether oxygens (including phenoxy) is 1. The van der Waals surface area contributed by atoms with Crippen molar-refractivity contribution in [3.8, 4) is 5.75 Å². The highest BCUT2D eigenvalue weighted by molar-refractivity contribution is 7.12. The van der Waals surface area contributed by atoms with Gasteiger partial charge in [0.2, 0.25) is 0 Å². The molecule has 1 rings (SSSR count). The molecule has 0 aliphatic rings. The average Bonchev–Trinajstić information content (AvgIpc) is 2.72. The van der Waals surface area contributed by atoms with E-state index >= 15 is 0 Å². The molecule has 1 unspecified atom stereocenters. The first kappa shape index (κ1) is 15.0. The third-order valence-electron chi connectivity index (χ3n) is 2.51. The van der Waals surface area contributed by atoms with Crippen LogP contribution in [0.2, 0.25) is 0 Å². The van der Waals surface area contributed by atoms with Crippen LogP contribution >= 0.6 is 11.3 Å². The lowest BCUT2D eigenvalue weighted by molar-refractivity contribution is 0.0369. The third kappa shape index (κ3) is 4.66. The fraction of sp³-hybridized carbons (Fsp3) is 0.615. The van der Waals surface area contributed by atoms with E-state index in [2.05, 4.69) is 5.32 Å². The van der Waals surface area contributed by atoms with Crippen LogP contribution in [0.4, 0.5) is 0 Å². The molecule has 1 amide bonds. The second kappa shape index (κ2) is 6.20. The molecule has 0 bridgehead atoms. The van der Waals surface area contributed by atoms with Gasteiger partial charge in [-0.3, -0.25) is 4.79 Å². The van der Waals surface area contributed by atoms with Gasteiger partial charge in [-0.15, -0.1) is 11.3 Å². The van der Waals surface area contributed by atoms with Crippen molar-refractivity contribution in [3.05, 3.63) is 16.3 Å². The van der Waals surface area contributed by atoms with Gasteiger partial charge >= 0.3 is 0 Å². The molecule has 1 atom stereocenters. The number of carbonyl (C=O) groups is 1. The Kier molecular flexibility index (Phi) is 5.16. The first-order valence-corrected chi connectivity index (χ1v) is 6.85. The minimum absolute atomic E-state index is 0.174.